The summed E-state index contributed by atoms with van der Waals surface area (Å²) in [5.74, 6) is -1.50. The lowest BCUT2D eigenvalue weighted by atomic mass is 10.2. The number of rotatable bonds is 5. The number of imidazole rings is 1. The van der Waals surface area contributed by atoms with Gasteiger partial charge in [-0.3, -0.25) is 14.9 Å². The van der Waals surface area contributed by atoms with Crippen LogP contribution in [0.15, 0.2) is 12.4 Å². The Hall–Kier alpha value is -2.46. The number of nitrogens with one attached hydrogen (secondary N) is 2. The molecule has 1 heterocycles. The number of nitrogens with two attached hydrogens (primary N) is 2. The highest BCUT2D eigenvalue weighted by Gasteiger charge is 2.19. The third kappa shape index (κ3) is 10.3. The molecule has 0 saturated carbocycles. The van der Waals surface area contributed by atoms with Gasteiger partial charge in [0.05, 0.1) is 0 Å². The Labute approximate surface area is 140 Å². The van der Waals surface area contributed by atoms with Gasteiger partial charge in [-0.15, -0.1) is 0 Å². The number of amides is 2. The van der Waals surface area contributed by atoms with E-state index in [4.69, 9.17) is 21.3 Å². The molecule has 7 N–H and O–H groups in total. The lowest BCUT2D eigenvalue weighted by Crippen LogP contribution is -2.36. The van der Waals surface area contributed by atoms with Gasteiger partial charge < -0.3 is 26.3 Å². The predicted octanol–water partition coefficient (Wildman–Crippen LogP) is 0.212. The normalized spacial score (nSPS) is 11.7. The molecule has 0 saturated heterocycles. The molecule has 0 bridgehead atoms. The fraction of sp³-hybridized carbons (Fsp3) is 0.571. The number of hydrogen-bond acceptors (Lipinski definition) is 7. The lowest BCUT2D eigenvalue weighted by Gasteiger charge is -2.18. The number of aromatic nitrogens is 2. The van der Waals surface area contributed by atoms with E-state index < -0.39 is 29.6 Å². The summed E-state index contributed by atoms with van der Waals surface area (Å²) in [6, 6.07) is -0.742. The maximum Gasteiger partial charge on any atom is 0.414 e. The number of hydrogen-bond donors (Lipinski definition) is 5. The summed E-state index contributed by atoms with van der Waals surface area (Å²) in [6.45, 7) is 5.64. The van der Waals surface area contributed by atoms with Gasteiger partial charge in [-0.05, 0) is 40.2 Å². The number of imide groups is 1. The van der Waals surface area contributed by atoms with Gasteiger partial charge in [-0.1, -0.05) is 0 Å². The number of alkyl carbamates (subject to hydrolysis) is 1. The van der Waals surface area contributed by atoms with Crippen molar-refractivity contribution >= 4 is 18.0 Å². The van der Waals surface area contributed by atoms with Crippen molar-refractivity contribution < 1.29 is 24.2 Å². The van der Waals surface area contributed by atoms with E-state index in [2.05, 4.69) is 9.97 Å². The molecule has 0 fully saturated rings. The molecule has 1 rings (SSSR count). The standard InChI is InChI=1S/C9H13N3O3.C5H12N2O2/c1-9(2,3)15-8(14)12-7(13)6-10-4-5-11-6;6-3-1-2-4(7)5(8)9/h4-5H,1-3H3,(H,10,11)(H,12,13,14);4H,1-3,6-7H2,(H,8,9)/t;4-/m.0/s1. The molecule has 10 nitrogen and oxygen atoms in total. The monoisotopic (exact) mass is 343 g/mol. The van der Waals surface area contributed by atoms with Crippen LogP contribution in [0, 0.1) is 0 Å². The van der Waals surface area contributed by atoms with Crippen molar-refractivity contribution in [2.24, 2.45) is 11.5 Å². The number of carbonyl (C=O) groups is 3. The molecule has 0 unspecified atom stereocenters. The highest BCUT2D eigenvalue weighted by Crippen LogP contribution is 2.06. The molecule has 0 radical (unpaired) electrons. The minimum absolute atomic E-state index is 0.0702. The first-order valence-corrected chi connectivity index (χ1v) is 7.29. The summed E-state index contributed by atoms with van der Waals surface area (Å²) < 4.78 is 4.89. The summed E-state index contributed by atoms with van der Waals surface area (Å²) in [4.78, 5) is 38.8. The fourth-order valence-electron chi connectivity index (χ4n) is 1.31. The van der Waals surface area contributed by atoms with Gasteiger partial charge >= 0.3 is 12.1 Å². The second kappa shape index (κ2) is 10.3. The molecule has 10 heteroatoms. The largest absolute Gasteiger partial charge is 0.480 e. The molecule has 0 aromatic carbocycles. The highest BCUT2D eigenvalue weighted by atomic mass is 16.6. The van der Waals surface area contributed by atoms with Crippen LogP contribution in [0.25, 0.3) is 0 Å². The van der Waals surface area contributed by atoms with Gasteiger partial charge in [0.1, 0.15) is 11.6 Å². The molecule has 1 aromatic rings. The van der Waals surface area contributed by atoms with Gasteiger partial charge in [-0.25, -0.2) is 9.78 Å². The van der Waals surface area contributed by atoms with Crippen LogP contribution < -0.4 is 16.8 Å². The van der Waals surface area contributed by atoms with E-state index in [0.29, 0.717) is 19.4 Å². The van der Waals surface area contributed by atoms with E-state index in [0.717, 1.165) is 0 Å². The van der Waals surface area contributed by atoms with Crippen molar-refractivity contribution in [3.8, 4) is 0 Å². The van der Waals surface area contributed by atoms with Crippen LogP contribution in [0.5, 0.6) is 0 Å². The third-order valence-electron chi connectivity index (χ3n) is 2.36. The molecule has 1 atom stereocenters. The Morgan fingerprint density at radius 1 is 1.42 bits per heavy atom. The molecule has 1 aromatic heterocycles. The maximum absolute atomic E-state index is 11.3. The van der Waals surface area contributed by atoms with Crippen molar-refractivity contribution in [2.45, 2.75) is 45.3 Å². The van der Waals surface area contributed by atoms with E-state index in [1.54, 1.807) is 20.8 Å². The summed E-state index contributed by atoms with van der Waals surface area (Å²) in [5.41, 5.74) is 9.64. The van der Waals surface area contributed by atoms with Gasteiger partial charge in [0.25, 0.3) is 5.91 Å². The minimum atomic E-state index is -0.955. The van der Waals surface area contributed by atoms with Crippen LogP contribution in [-0.4, -0.2) is 51.2 Å². The Balaban J connectivity index is 0.000000506. The van der Waals surface area contributed by atoms with Crippen LogP contribution in [0.4, 0.5) is 4.79 Å². The van der Waals surface area contributed by atoms with Crippen LogP contribution in [0.3, 0.4) is 0 Å². The molecule has 0 spiro atoms. The van der Waals surface area contributed by atoms with Crippen molar-refractivity contribution in [1.29, 1.82) is 0 Å². The predicted molar refractivity (Wildman–Crippen MR) is 86.2 cm³/mol. The van der Waals surface area contributed by atoms with Crippen molar-refractivity contribution in [3.05, 3.63) is 18.2 Å². The number of carboxylic acid groups (broad SMARTS) is 1. The van der Waals surface area contributed by atoms with E-state index in [9.17, 15) is 14.4 Å². The molecule has 24 heavy (non-hydrogen) atoms. The first-order valence-electron chi connectivity index (χ1n) is 7.29. The number of carbonyl (C=O) groups excluding carboxylic acids is 2. The molecule has 2 amide bonds. The highest BCUT2D eigenvalue weighted by molar-refractivity contribution is 6.00. The maximum atomic E-state index is 11.3. The summed E-state index contributed by atoms with van der Waals surface area (Å²) in [7, 11) is 0. The van der Waals surface area contributed by atoms with Gasteiger partial charge in [0.15, 0.2) is 5.82 Å². The summed E-state index contributed by atoms with van der Waals surface area (Å²) in [5, 5.41) is 10.3. The second-order valence-corrected chi connectivity index (χ2v) is 5.77. The second-order valence-electron chi connectivity index (χ2n) is 5.77. The number of ether oxygens (including phenoxy) is 1. The fourth-order valence-corrected chi connectivity index (χ4v) is 1.31. The number of aromatic amines is 1. The van der Waals surface area contributed by atoms with Crippen LogP contribution in [0.1, 0.15) is 44.2 Å². The third-order valence-corrected chi connectivity index (χ3v) is 2.36. The number of H-pyrrole nitrogens is 1. The van der Waals surface area contributed by atoms with Crippen molar-refractivity contribution in [3.63, 3.8) is 0 Å². The molecule has 0 aliphatic heterocycles. The quantitative estimate of drug-likeness (QED) is 0.504. The lowest BCUT2D eigenvalue weighted by molar-refractivity contribution is -0.138. The van der Waals surface area contributed by atoms with Gasteiger partial charge in [0, 0.05) is 12.4 Å². The smallest absolute Gasteiger partial charge is 0.414 e. The summed E-state index contributed by atoms with van der Waals surface area (Å²) in [6.07, 6.45) is 3.26. The average molecular weight is 343 g/mol. The number of nitrogens with zero attached hydrogens (tertiary/aromatic N) is 1. The topological polar surface area (TPSA) is 173 Å². The van der Waals surface area contributed by atoms with E-state index in [1.165, 1.54) is 12.4 Å². The average Bonchev–Trinajstić information content (AvgIpc) is 2.97. The first kappa shape index (κ1) is 21.5. The zero-order valence-corrected chi connectivity index (χ0v) is 14.0. The van der Waals surface area contributed by atoms with Crippen LogP contribution in [-0.2, 0) is 9.53 Å². The Morgan fingerprint density at radius 2 is 2.04 bits per heavy atom. The first-order chi connectivity index (χ1) is 11.1. The summed E-state index contributed by atoms with van der Waals surface area (Å²) >= 11 is 0. The van der Waals surface area contributed by atoms with E-state index in [1.807, 2.05) is 5.32 Å². The zero-order valence-electron chi connectivity index (χ0n) is 14.0. The Kier molecular flexibility index (Phi) is 9.28. The van der Waals surface area contributed by atoms with Gasteiger partial charge in [0.2, 0.25) is 0 Å². The van der Waals surface area contributed by atoms with Crippen molar-refractivity contribution in [2.75, 3.05) is 6.54 Å². The zero-order chi connectivity index (χ0) is 18.8. The molecule has 136 valence electrons. The number of carboxylic acids is 1. The molecule has 0 aliphatic carbocycles. The van der Waals surface area contributed by atoms with E-state index in [-0.39, 0.29) is 5.82 Å². The molecule has 0 aliphatic rings. The number of aliphatic carboxylic acids is 1. The Bertz CT molecular complexity index is 524. The van der Waals surface area contributed by atoms with Crippen molar-refractivity contribution in [1.82, 2.24) is 15.3 Å². The van der Waals surface area contributed by atoms with E-state index >= 15 is 0 Å². The van der Waals surface area contributed by atoms with Crippen LogP contribution >= 0.6 is 0 Å². The molecular weight excluding hydrogens is 318 g/mol. The minimum Gasteiger partial charge on any atom is -0.480 e. The Morgan fingerprint density at radius 3 is 2.46 bits per heavy atom. The molecular formula is C14H25N5O5. The van der Waals surface area contributed by atoms with Gasteiger partial charge in [-0.2, -0.15) is 0 Å². The van der Waals surface area contributed by atoms with Crippen LogP contribution in [0.2, 0.25) is 0 Å². The SMILES string of the molecule is CC(C)(C)OC(=O)NC(=O)c1ncc[nH]1.NCCC[C@H](N)C(=O)O.